The Bertz CT molecular complexity index is 1560. The molecule has 2 unspecified atom stereocenters. The molecule has 0 spiro atoms. The highest BCUT2D eigenvalue weighted by molar-refractivity contribution is 6.30. The lowest BCUT2D eigenvalue weighted by Gasteiger charge is -2.30. The third kappa shape index (κ3) is 7.30. The number of anilines is 1. The van der Waals surface area contributed by atoms with Crippen LogP contribution < -0.4 is 15.5 Å². The zero-order chi connectivity index (χ0) is 31.6. The molecule has 43 heavy (non-hydrogen) atoms. The zero-order valence-electron chi connectivity index (χ0n) is 22.9. The van der Waals surface area contributed by atoms with E-state index in [1.165, 1.54) is 4.90 Å². The zero-order valence-corrected chi connectivity index (χ0v) is 23.6. The van der Waals surface area contributed by atoms with Crippen LogP contribution >= 0.6 is 11.6 Å². The molecule has 228 valence electrons. The molecule has 2 atom stereocenters. The van der Waals surface area contributed by atoms with Crippen molar-refractivity contribution in [3.05, 3.63) is 99.3 Å². The van der Waals surface area contributed by atoms with Crippen LogP contribution in [0.4, 0.5) is 32.0 Å². The molecule has 4 rings (SSSR count). The van der Waals surface area contributed by atoms with E-state index in [4.69, 9.17) is 11.6 Å². The van der Waals surface area contributed by atoms with E-state index in [1.54, 1.807) is 32.0 Å². The first-order valence-corrected chi connectivity index (χ1v) is 13.6. The molecule has 0 saturated heterocycles. The van der Waals surface area contributed by atoms with Crippen molar-refractivity contribution in [2.45, 2.75) is 57.4 Å². The average molecular weight is 626 g/mol. The second kappa shape index (κ2) is 12.7. The van der Waals surface area contributed by atoms with Gasteiger partial charge in [0.2, 0.25) is 11.8 Å². The van der Waals surface area contributed by atoms with Gasteiger partial charge in [-0.15, -0.1) is 0 Å². The highest BCUT2D eigenvalue weighted by Crippen LogP contribution is 2.33. The van der Waals surface area contributed by atoms with Gasteiger partial charge in [0.05, 0.1) is 11.1 Å². The van der Waals surface area contributed by atoms with Crippen LogP contribution in [0.5, 0.6) is 0 Å². The SMILES string of the molecule is CC(C)N1C(=O)C(NC(=O)C(Cc2ccc(F)cc2F)NC(=O)c2ccc(F)cc2C(F)(F)F)CCc2cc(Cl)ccc21. The molecule has 0 bridgehead atoms. The number of benzene rings is 3. The summed E-state index contributed by atoms with van der Waals surface area (Å²) in [5.74, 6) is -6.10. The van der Waals surface area contributed by atoms with Crippen LogP contribution in [0, 0.1) is 17.5 Å². The van der Waals surface area contributed by atoms with Gasteiger partial charge in [-0.05, 0) is 80.3 Å². The van der Waals surface area contributed by atoms with Crippen molar-refractivity contribution in [1.29, 1.82) is 0 Å². The molecule has 3 aromatic rings. The van der Waals surface area contributed by atoms with E-state index in [9.17, 15) is 40.7 Å². The number of alkyl halides is 3. The van der Waals surface area contributed by atoms with Crippen molar-refractivity contribution < 1.29 is 40.7 Å². The Kier molecular flexibility index (Phi) is 9.38. The molecule has 3 aromatic carbocycles. The Morgan fingerprint density at radius 2 is 1.67 bits per heavy atom. The Morgan fingerprint density at radius 3 is 2.33 bits per heavy atom. The largest absolute Gasteiger partial charge is 0.417 e. The molecule has 1 aliphatic rings. The number of carbonyl (C=O) groups excluding carboxylic acids is 3. The minimum Gasteiger partial charge on any atom is -0.342 e. The van der Waals surface area contributed by atoms with Crippen LogP contribution in [0.25, 0.3) is 0 Å². The number of hydrogen-bond donors (Lipinski definition) is 2. The first-order valence-electron chi connectivity index (χ1n) is 13.2. The van der Waals surface area contributed by atoms with E-state index < -0.39 is 71.0 Å². The predicted molar refractivity (Wildman–Crippen MR) is 147 cm³/mol. The lowest BCUT2D eigenvalue weighted by molar-refractivity contribution is -0.138. The van der Waals surface area contributed by atoms with Gasteiger partial charge in [-0.1, -0.05) is 17.7 Å². The summed E-state index contributed by atoms with van der Waals surface area (Å²) >= 11 is 6.14. The monoisotopic (exact) mass is 625 g/mol. The maximum Gasteiger partial charge on any atom is 0.417 e. The summed E-state index contributed by atoms with van der Waals surface area (Å²) in [4.78, 5) is 41.7. The Hall–Kier alpha value is -4.06. The molecule has 1 heterocycles. The van der Waals surface area contributed by atoms with Crippen molar-refractivity contribution in [3.63, 3.8) is 0 Å². The Labute approximate surface area is 248 Å². The van der Waals surface area contributed by atoms with Crippen molar-refractivity contribution in [2.75, 3.05) is 4.90 Å². The fraction of sp³-hybridized carbons (Fsp3) is 0.300. The molecule has 2 N–H and O–H groups in total. The Balaban J connectivity index is 1.66. The number of rotatable bonds is 7. The van der Waals surface area contributed by atoms with Gasteiger partial charge < -0.3 is 15.5 Å². The second-order valence-corrected chi connectivity index (χ2v) is 10.8. The first-order chi connectivity index (χ1) is 20.1. The van der Waals surface area contributed by atoms with Crippen LogP contribution in [0.15, 0.2) is 54.6 Å². The smallest absolute Gasteiger partial charge is 0.342 e. The summed E-state index contributed by atoms with van der Waals surface area (Å²) in [5, 5.41) is 5.15. The summed E-state index contributed by atoms with van der Waals surface area (Å²) in [6.45, 7) is 3.53. The molecule has 0 aromatic heterocycles. The molecule has 0 radical (unpaired) electrons. The number of hydrogen-bond acceptors (Lipinski definition) is 3. The van der Waals surface area contributed by atoms with Gasteiger partial charge in [-0.3, -0.25) is 14.4 Å². The first kappa shape index (κ1) is 31.9. The van der Waals surface area contributed by atoms with Gasteiger partial charge in [0, 0.05) is 29.2 Å². The van der Waals surface area contributed by atoms with E-state index in [1.807, 2.05) is 0 Å². The van der Waals surface area contributed by atoms with Gasteiger partial charge in [0.15, 0.2) is 0 Å². The van der Waals surface area contributed by atoms with Gasteiger partial charge in [-0.2, -0.15) is 13.2 Å². The molecule has 3 amide bonds. The second-order valence-electron chi connectivity index (χ2n) is 10.3. The summed E-state index contributed by atoms with van der Waals surface area (Å²) in [7, 11) is 0. The van der Waals surface area contributed by atoms with Crippen LogP contribution in [0.2, 0.25) is 5.02 Å². The number of nitrogens with zero attached hydrogens (tertiary/aromatic N) is 1. The number of fused-ring (bicyclic) bond motifs is 1. The van der Waals surface area contributed by atoms with Crippen molar-refractivity contribution in [3.8, 4) is 0 Å². The number of halogens is 7. The summed E-state index contributed by atoms with van der Waals surface area (Å²) < 4.78 is 82.5. The van der Waals surface area contributed by atoms with Crippen LogP contribution in [0.3, 0.4) is 0 Å². The van der Waals surface area contributed by atoms with Gasteiger partial charge in [0.25, 0.3) is 5.91 Å². The fourth-order valence-corrected chi connectivity index (χ4v) is 5.13. The number of carbonyl (C=O) groups is 3. The molecular weight excluding hydrogens is 600 g/mol. The van der Waals surface area contributed by atoms with Crippen molar-refractivity contribution in [1.82, 2.24) is 10.6 Å². The maximum atomic E-state index is 14.6. The van der Waals surface area contributed by atoms with Crippen LogP contribution in [-0.2, 0) is 28.6 Å². The van der Waals surface area contributed by atoms with E-state index >= 15 is 0 Å². The fourth-order valence-electron chi connectivity index (χ4n) is 4.94. The quantitative estimate of drug-likeness (QED) is 0.317. The van der Waals surface area contributed by atoms with Crippen molar-refractivity contribution in [2.24, 2.45) is 0 Å². The molecule has 1 aliphatic heterocycles. The third-order valence-electron chi connectivity index (χ3n) is 6.96. The lowest BCUT2D eigenvalue weighted by atomic mass is 10.0. The molecule has 6 nitrogen and oxygen atoms in total. The number of nitrogens with one attached hydrogen (secondary N) is 2. The maximum absolute atomic E-state index is 14.6. The van der Waals surface area contributed by atoms with E-state index in [-0.39, 0.29) is 24.1 Å². The topological polar surface area (TPSA) is 78.5 Å². The highest BCUT2D eigenvalue weighted by Gasteiger charge is 2.38. The Morgan fingerprint density at radius 1 is 1.00 bits per heavy atom. The van der Waals surface area contributed by atoms with E-state index in [0.717, 1.165) is 17.7 Å². The third-order valence-corrected chi connectivity index (χ3v) is 7.20. The molecule has 0 aliphatic carbocycles. The minimum absolute atomic E-state index is 0.114. The number of aryl methyl sites for hydroxylation is 1. The van der Waals surface area contributed by atoms with Crippen LogP contribution in [-0.4, -0.2) is 35.8 Å². The average Bonchev–Trinajstić information content (AvgIpc) is 3.04. The van der Waals surface area contributed by atoms with E-state index in [0.29, 0.717) is 35.3 Å². The molecule has 13 heteroatoms. The van der Waals surface area contributed by atoms with E-state index in [2.05, 4.69) is 10.6 Å². The van der Waals surface area contributed by atoms with Crippen LogP contribution in [0.1, 0.15) is 47.3 Å². The van der Waals surface area contributed by atoms with Gasteiger partial charge in [0.1, 0.15) is 29.5 Å². The summed E-state index contributed by atoms with van der Waals surface area (Å²) in [6, 6.07) is 5.70. The lowest BCUT2D eigenvalue weighted by Crippen LogP contribution is -2.55. The minimum atomic E-state index is -5.11. The summed E-state index contributed by atoms with van der Waals surface area (Å²) in [5.41, 5.74) is -1.44. The molecular formula is C30H26ClF6N3O3. The number of amides is 3. The van der Waals surface area contributed by atoms with Gasteiger partial charge >= 0.3 is 6.18 Å². The summed E-state index contributed by atoms with van der Waals surface area (Å²) in [6.07, 6.45) is -5.27. The van der Waals surface area contributed by atoms with Crippen molar-refractivity contribution >= 4 is 35.0 Å². The standard InChI is InChI=1S/C30H26ClF6N3O3/c1-15(2)40-26-10-5-18(31)11-17(26)4-9-24(29(40)43)38-28(42)25(12-16-3-6-20(33)14-23(16)34)39-27(41)21-8-7-19(32)13-22(21)30(35,36)37/h3,5-8,10-11,13-15,24-25H,4,9,12H2,1-2H3,(H,38,42)(H,39,41). The molecule has 0 fully saturated rings. The molecule has 0 saturated carbocycles. The predicted octanol–water partition coefficient (Wildman–Crippen LogP) is 5.99. The normalized spacial score (nSPS) is 16.0. The highest BCUT2D eigenvalue weighted by atomic mass is 35.5. The van der Waals surface area contributed by atoms with Gasteiger partial charge in [-0.25, -0.2) is 13.2 Å².